The number of hydrogen-bond acceptors (Lipinski definition) is 4. The van der Waals surface area contributed by atoms with Crippen LogP contribution in [0.5, 0.6) is 0 Å². The molecular formula is C18H24N2O2. The minimum absolute atomic E-state index is 0.200. The van der Waals surface area contributed by atoms with Crippen LogP contribution in [0.2, 0.25) is 0 Å². The number of nitrogens with two attached hydrogens (primary N) is 1. The molecule has 4 heteroatoms. The topological polar surface area (TPSA) is 55.6 Å². The van der Waals surface area contributed by atoms with Gasteiger partial charge in [-0.3, -0.25) is 4.90 Å². The molecule has 2 rings (SSSR count). The van der Waals surface area contributed by atoms with E-state index in [0.29, 0.717) is 17.9 Å². The number of fused-ring (bicyclic) bond motifs is 1. The molecule has 1 unspecified atom stereocenters. The number of nitrogens with zero attached hydrogens (tertiary/aromatic N) is 1. The Balaban J connectivity index is 2.16. The lowest BCUT2D eigenvalue weighted by Crippen LogP contribution is -2.36. The van der Waals surface area contributed by atoms with Gasteiger partial charge in [0.2, 0.25) is 0 Å². The van der Waals surface area contributed by atoms with Crippen molar-refractivity contribution in [3.8, 4) is 0 Å². The SMILES string of the molecule is CCN(CC)C(C)COC(=O)c1cc(N)cc2ccccc12. The summed E-state index contributed by atoms with van der Waals surface area (Å²) >= 11 is 0. The van der Waals surface area contributed by atoms with Gasteiger partial charge >= 0.3 is 5.97 Å². The molecule has 0 amide bonds. The Kier molecular flexibility index (Phi) is 5.39. The van der Waals surface area contributed by atoms with Gasteiger partial charge in [-0.15, -0.1) is 0 Å². The third-order valence-electron chi connectivity index (χ3n) is 4.00. The molecule has 2 aromatic carbocycles. The molecule has 0 aliphatic heterocycles. The maximum absolute atomic E-state index is 12.4. The second-order valence-corrected chi connectivity index (χ2v) is 5.46. The monoisotopic (exact) mass is 300 g/mol. The Bertz CT molecular complexity index is 651. The quantitative estimate of drug-likeness (QED) is 0.657. The predicted octanol–water partition coefficient (Wildman–Crippen LogP) is 3.31. The summed E-state index contributed by atoms with van der Waals surface area (Å²) in [6.45, 7) is 8.54. The van der Waals surface area contributed by atoms with Crippen molar-refractivity contribution in [2.75, 3.05) is 25.4 Å². The van der Waals surface area contributed by atoms with Crippen LogP contribution in [0.1, 0.15) is 31.1 Å². The number of anilines is 1. The number of benzene rings is 2. The fraction of sp³-hybridized carbons (Fsp3) is 0.389. The fourth-order valence-electron chi connectivity index (χ4n) is 2.73. The molecule has 2 N–H and O–H groups in total. The number of hydrogen-bond donors (Lipinski definition) is 1. The largest absolute Gasteiger partial charge is 0.460 e. The van der Waals surface area contributed by atoms with E-state index in [4.69, 9.17) is 10.5 Å². The first-order chi connectivity index (χ1) is 10.6. The maximum Gasteiger partial charge on any atom is 0.338 e. The van der Waals surface area contributed by atoms with Gasteiger partial charge in [0.15, 0.2) is 0 Å². The molecule has 0 radical (unpaired) electrons. The van der Waals surface area contributed by atoms with E-state index in [9.17, 15) is 4.79 Å². The Morgan fingerprint density at radius 3 is 2.59 bits per heavy atom. The molecule has 0 saturated heterocycles. The predicted molar refractivity (Wildman–Crippen MR) is 91.0 cm³/mol. The fourth-order valence-corrected chi connectivity index (χ4v) is 2.73. The molecule has 0 heterocycles. The van der Waals surface area contributed by atoms with Crippen molar-refractivity contribution in [2.24, 2.45) is 0 Å². The summed E-state index contributed by atoms with van der Waals surface area (Å²) < 4.78 is 5.50. The molecule has 0 aliphatic rings. The van der Waals surface area contributed by atoms with Gasteiger partial charge in [-0.25, -0.2) is 4.79 Å². The number of nitrogen functional groups attached to an aromatic ring is 1. The van der Waals surface area contributed by atoms with Crippen molar-refractivity contribution in [1.82, 2.24) is 4.90 Å². The lowest BCUT2D eigenvalue weighted by Gasteiger charge is -2.25. The molecular weight excluding hydrogens is 276 g/mol. The van der Waals surface area contributed by atoms with Crippen molar-refractivity contribution in [3.63, 3.8) is 0 Å². The number of carbonyl (C=O) groups excluding carboxylic acids is 1. The van der Waals surface area contributed by atoms with Gasteiger partial charge in [0.1, 0.15) is 6.61 Å². The zero-order valence-corrected chi connectivity index (χ0v) is 13.5. The first-order valence-electron chi connectivity index (χ1n) is 7.76. The molecule has 0 saturated carbocycles. The second kappa shape index (κ2) is 7.27. The molecule has 0 bridgehead atoms. The van der Waals surface area contributed by atoms with Crippen LogP contribution < -0.4 is 5.73 Å². The van der Waals surface area contributed by atoms with Gasteiger partial charge in [-0.05, 0) is 42.9 Å². The lowest BCUT2D eigenvalue weighted by atomic mass is 10.0. The number of likely N-dealkylation sites (N-methyl/N-ethyl adjacent to an activating group) is 1. The Labute approximate surface area is 131 Å². The molecule has 0 aromatic heterocycles. The zero-order chi connectivity index (χ0) is 16.1. The lowest BCUT2D eigenvalue weighted by molar-refractivity contribution is 0.0384. The van der Waals surface area contributed by atoms with Crippen molar-refractivity contribution >= 4 is 22.4 Å². The number of rotatable bonds is 6. The summed E-state index contributed by atoms with van der Waals surface area (Å²) in [6.07, 6.45) is 0. The molecule has 0 aliphatic carbocycles. The van der Waals surface area contributed by atoms with Gasteiger partial charge in [0.25, 0.3) is 0 Å². The molecule has 0 spiro atoms. The van der Waals surface area contributed by atoms with Gasteiger partial charge in [-0.1, -0.05) is 38.1 Å². The van der Waals surface area contributed by atoms with Crippen LogP contribution in [-0.2, 0) is 4.74 Å². The second-order valence-electron chi connectivity index (χ2n) is 5.46. The first kappa shape index (κ1) is 16.3. The van der Waals surface area contributed by atoms with Gasteiger partial charge in [-0.2, -0.15) is 0 Å². The number of ether oxygens (including phenoxy) is 1. The van der Waals surface area contributed by atoms with Crippen LogP contribution in [-0.4, -0.2) is 36.6 Å². The summed E-state index contributed by atoms with van der Waals surface area (Å²) in [7, 11) is 0. The van der Waals surface area contributed by atoms with E-state index in [1.54, 1.807) is 6.07 Å². The third kappa shape index (κ3) is 3.57. The summed E-state index contributed by atoms with van der Waals surface area (Å²) in [6, 6.07) is 11.5. The van der Waals surface area contributed by atoms with Gasteiger partial charge in [0, 0.05) is 11.7 Å². The average Bonchev–Trinajstić information content (AvgIpc) is 2.52. The van der Waals surface area contributed by atoms with Crippen LogP contribution in [0, 0.1) is 0 Å². The Hall–Kier alpha value is -2.07. The van der Waals surface area contributed by atoms with E-state index < -0.39 is 0 Å². The first-order valence-corrected chi connectivity index (χ1v) is 7.76. The van der Waals surface area contributed by atoms with Crippen LogP contribution in [0.4, 0.5) is 5.69 Å². The molecule has 22 heavy (non-hydrogen) atoms. The molecule has 4 nitrogen and oxygen atoms in total. The van der Waals surface area contributed by atoms with E-state index in [1.165, 1.54) is 0 Å². The highest BCUT2D eigenvalue weighted by molar-refractivity contribution is 6.05. The normalized spacial score (nSPS) is 12.5. The zero-order valence-electron chi connectivity index (χ0n) is 13.5. The summed E-state index contributed by atoms with van der Waals surface area (Å²) in [5, 5.41) is 1.82. The molecule has 1 atom stereocenters. The van der Waals surface area contributed by atoms with E-state index in [1.807, 2.05) is 30.3 Å². The van der Waals surface area contributed by atoms with E-state index in [0.717, 1.165) is 23.9 Å². The molecule has 0 fully saturated rings. The Morgan fingerprint density at radius 1 is 1.23 bits per heavy atom. The highest BCUT2D eigenvalue weighted by Crippen LogP contribution is 2.23. The highest BCUT2D eigenvalue weighted by Gasteiger charge is 2.16. The van der Waals surface area contributed by atoms with Crippen molar-refractivity contribution < 1.29 is 9.53 Å². The van der Waals surface area contributed by atoms with E-state index in [2.05, 4.69) is 25.7 Å². The van der Waals surface area contributed by atoms with Crippen LogP contribution in [0.15, 0.2) is 36.4 Å². The number of carbonyl (C=O) groups is 1. The average molecular weight is 300 g/mol. The Morgan fingerprint density at radius 2 is 1.91 bits per heavy atom. The van der Waals surface area contributed by atoms with Crippen LogP contribution >= 0.6 is 0 Å². The van der Waals surface area contributed by atoms with Crippen LogP contribution in [0.3, 0.4) is 0 Å². The smallest absolute Gasteiger partial charge is 0.338 e. The van der Waals surface area contributed by atoms with Gasteiger partial charge < -0.3 is 10.5 Å². The standard InChI is InChI=1S/C18H24N2O2/c1-4-20(5-2)13(3)12-22-18(21)17-11-15(19)10-14-8-6-7-9-16(14)17/h6-11,13H,4-5,12,19H2,1-3H3. The summed E-state index contributed by atoms with van der Waals surface area (Å²) in [5.74, 6) is -0.317. The summed E-state index contributed by atoms with van der Waals surface area (Å²) in [4.78, 5) is 14.7. The van der Waals surface area contributed by atoms with Crippen molar-refractivity contribution in [1.29, 1.82) is 0 Å². The number of esters is 1. The van der Waals surface area contributed by atoms with Crippen molar-refractivity contribution in [3.05, 3.63) is 42.0 Å². The minimum Gasteiger partial charge on any atom is -0.460 e. The highest BCUT2D eigenvalue weighted by atomic mass is 16.5. The summed E-state index contributed by atoms with van der Waals surface area (Å²) in [5.41, 5.74) is 7.00. The van der Waals surface area contributed by atoms with Crippen molar-refractivity contribution in [2.45, 2.75) is 26.8 Å². The van der Waals surface area contributed by atoms with E-state index in [-0.39, 0.29) is 12.0 Å². The minimum atomic E-state index is -0.317. The third-order valence-corrected chi connectivity index (χ3v) is 4.00. The van der Waals surface area contributed by atoms with E-state index >= 15 is 0 Å². The maximum atomic E-state index is 12.4. The van der Waals surface area contributed by atoms with Crippen LogP contribution in [0.25, 0.3) is 10.8 Å². The van der Waals surface area contributed by atoms with Gasteiger partial charge in [0.05, 0.1) is 5.56 Å². The molecule has 118 valence electrons. The molecule has 2 aromatic rings.